The Balaban J connectivity index is 2.11. The van der Waals surface area contributed by atoms with E-state index >= 15 is 0 Å². The lowest BCUT2D eigenvalue weighted by Crippen LogP contribution is -1.95. The van der Waals surface area contributed by atoms with E-state index in [9.17, 15) is 0 Å². The fourth-order valence-electron chi connectivity index (χ4n) is 2.26. The van der Waals surface area contributed by atoms with Crippen LogP contribution in [0.1, 0.15) is 11.3 Å². The van der Waals surface area contributed by atoms with E-state index < -0.39 is 0 Å². The largest absolute Gasteiger partial charge is 0.355 e. The fraction of sp³-hybridized carbons (Fsp3) is 0.0588. The number of hydrogen-bond acceptors (Lipinski definition) is 3. The second-order valence-corrected chi connectivity index (χ2v) is 5.71. The van der Waals surface area contributed by atoms with E-state index in [0.29, 0.717) is 5.56 Å². The number of nitriles is 1. The minimum absolute atomic E-state index is 0.635. The zero-order valence-corrected chi connectivity index (χ0v) is 13.0. The molecule has 1 heterocycles. The highest BCUT2D eigenvalue weighted by molar-refractivity contribution is 9.10. The van der Waals surface area contributed by atoms with Gasteiger partial charge in [0.05, 0.1) is 17.1 Å². The number of hydrogen-bond donors (Lipinski definition) is 1. The molecule has 0 aliphatic rings. The van der Waals surface area contributed by atoms with Gasteiger partial charge < -0.3 is 5.32 Å². The Morgan fingerprint density at radius 1 is 1.14 bits per heavy atom. The summed E-state index contributed by atoms with van der Waals surface area (Å²) in [6.45, 7) is 1.97. The summed E-state index contributed by atoms with van der Waals surface area (Å²) in [6.07, 6.45) is 0. The standard InChI is InChI=1S/C17H12BrN3/c1-11-7-17(15-9-13(18)5-6-16(15)20-11)21-14-4-2-3-12(8-14)10-19/h2-9H,1H3,(H,20,21). The van der Waals surface area contributed by atoms with Crippen LogP contribution in [0.15, 0.2) is 53.0 Å². The van der Waals surface area contributed by atoms with Crippen LogP contribution in [0.4, 0.5) is 11.4 Å². The molecule has 0 bridgehead atoms. The van der Waals surface area contributed by atoms with Crippen molar-refractivity contribution in [2.24, 2.45) is 0 Å². The number of halogens is 1. The van der Waals surface area contributed by atoms with Crippen molar-refractivity contribution >= 4 is 38.2 Å². The van der Waals surface area contributed by atoms with Crippen LogP contribution in [0, 0.1) is 18.3 Å². The molecule has 0 saturated heterocycles. The minimum atomic E-state index is 0.635. The zero-order valence-electron chi connectivity index (χ0n) is 11.4. The van der Waals surface area contributed by atoms with Crippen molar-refractivity contribution in [2.75, 3.05) is 5.32 Å². The van der Waals surface area contributed by atoms with Crippen LogP contribution in [0.5, 0.6) is 0 Å². The number of anilines is 2. The number of nitrogens with one attached hydrogen (secondary N) is 1. The van der Waals surface area contributed by atoms with Crippen LogP contribution < -0.4 is 5.32 Å². The molecule has 102 valence electrons. The predicted molar refractivity (Wildman–Crippen MR) is 88.6 cm³/mol. The molecule has 2 aromatic carbocycles. The minimum Gasteiger partial charge on any atom is -0.355 e. The first kappa shape index (κ1) is 13.6. The van der Waals surface area contributed by atoms with Crippen molar-refractivity contribution in [2.45, 2.75) is 6.92 Å². The molecule has 0 aliphatic heterocycles. The molecular weight excluding hydrogens is 326 g/mol. The Hall–Kier alpha value is -2.38. The number of nitrogens with zero attached hydrogens (tertiary/aromatic N) is 2. The van der Waals surface area contributed by atoms with Gasteiger partial charge >= 0.3 is 0 Å². The molecular formula is C17H12BrN3. The fourth-order valence-corrected chi connectivity index (χ4v) is 2.62. The average molecular weight is 338 g/mol. The molecule has 4 heteroatoms. The summed E-state index contributed by atoms with van der Waals surface area (Å²) in [4.78, 5) is 4.54. The van der Waals surface area contributed by atoms with Gasteiger partial charge in [0.25, 0.3) is 0 Å². The normalized spacial score (nSPS) is 10.3. The summed E-state index contributed by atoms with van der Waals surface area (Å²) < 4.78 is 1.01. The van der Waals surface area contributed by atoms with Gasteiger partial charge in [0.2, 0.25) is 0 Å². The van der Waals surface area contributed by atoms with E-state index in [1.54, 1.807) is 6.07 Å². The summed E-state index contributed by atoms with van der Waals surface area (Å²) in [5.74, 6) is 0. The average Bonchev–Trinajstić information content (AvgIpc) is 2.48. The van der Waals surface area contributed by atoms with Crippen molar-refractivity contribution in [3.8, 4) is 6.07 Å². The van der Waals surface area contributed by atoms with E-state index in [1.165, 1.54) is 0 Å². The molecule has 0 spiro atoms. The van der Waals surface area contributed by atoms with Crippen molar-refractivity contribution in [1.82, 2.24) is 4.98 Å². The maximum Gasteiger partial charge on any atom is 0.0992 e. The van der Waals surface area contributed by atoms with E-state index in [4.69, 9.17) is 5.26 Å². The molecule has 3 nitrogen and oxygen atoms in total. The topological polar surface area (TPSA) is 48.7 Å². The maximum absolute atomic E-state index is 8.99. The van der Waals surface area contributed by atoms with Gasteiger partial charge in [-0.2, -0.15) is 5.26 Å². The quantitative estimate of drug-likeness (QED) is 0.721. The second kappa shape index (κ2) is 5.55. The molecule has 21 heavy (non-hydrogen) atoms. The van der Waals surface area contributed by atoms with Gasteiger partial charge in [0.1, 0.15) is 0 Å². The monoisotopic (exact) mass is 337 g/mol. The second-order valence-electron chi connectivity index (χ2n) is 4.79. The van der Waals surface area contributed by atoms with Crippen molar-refractivity contribution in [3.05, 3.63) is 64.3 Å². The van der Waals surface area contributed by atoms with Crippen LogP contribution in [0.3, 0.4) is 0 Å². The molecule has 0 aliphatic carbocycles. The third-order valence-electron chi connectivity index (χ3n) is 3.17. The Bertz CT molecular complexity index is 866. The van der Waals surface area contributed by atoms with Gasteiger partial charge in [-0.15, -0.1) is 0 Å². The number of fused-ring (bicyclic) bond motifs is 1. The number of benzene rings is 2. The Kier molecular flexibility index (Phi) is 3.59. The molecule has 0 radical (unpaired) electrons. The zero-order chi connectivity index (χ0) is 14.8. The van der Waals surface area contributed by atoms with Gasteiger partial charge in [0, 0.05) is 26.9 Å². The first-order valence-corrected chi connectivity index (χ1v) is 7.29. The maximum atomic E-state index is 8.99. The summed E-state index contributed by atoms with van der Waals surface area (Å²) in [7, 11) is 0. The van der Waals surface area contributed by atoms with E-state index in [2.05, 4.69) is 32.3 Å². The molecule has 0 amide bonds. The predicted octanol–water partition coefficient (Wildman–Crippen LogP) is 4.92. The molecule has 0 atom stereocenters. The summed E-state index contributed by atoms with van der Waals surface area (Å²) in [5, 5.41) is 13.4. The summed E-state index contributed by atoms with van der Waals surface area (Å²) in [5.41, 5.74) is 4.40. The molecule has 3 aromatic rings. The molecule has 0 saturated carbocycles. The van der Waals surface area contributed by atoms with Crippen LogP contribution >= 0.6 is 15.9 Å². The molecule has 3 rings (SSSR count). The Morgan fingerprint density at radius 2 is 2.00 bits per heavy atom. The van der Waals surface area contributed by atoms with Gasteiger partial charge in [-0.3, -0.25) is 4.98 Å². The first-order valence-electron chi connectivity index (χ1n) is 6.50. The van der Waals surface area contributed by atoms with Gasteiger partial charge in [-0.1, -0.05) is 22.0 Å². The van der Waals surface area contributed by atoms with Crippen LogP contribution in [-0.4, -0.2) is 4.98 Å². The van der Waals surface area contributed by atoms with Gasteiger partial charge in [-0.05, 0) is 49.4 Å². The number of pyridine rings is 1. The van der Waals surface area contributed by atoms with E-state index in [0.717, 1.165) is 32.4 Å². The molecule has 1 N–H and O–H groups in total. The molecule has 0 unspecified atom stereocenters. The van der Waals surface area contributed by atoms with E-state index in [1.807, 2.05) is 49.4 Å². The number of aryl methyl sites for hydroxylation is 1. The van der Waals surface area contributed by atoms with Crippen LogP contribution in [0.25, 0.3) is 10.9 Å². The SMILES string of the molecule is Cc1cc(Nc2cccc(C#N)c2)c2cc(Br)ccc2n1. The van der Waals surface area contributed by atoms with Gasteiger partial charge in [0.15, 0.2) is 0 Å². The Morgan fingerprint density at radius 3 is 2.81 bits per heavy atom. The Labute approximate surface area is 131 Å². The molecule has 0 fully saturated rings. The van der Waals surface area contributed by atoms with Crippen LogP contribution in [0.2, 0.25) is 0 Å². The lowest BCUT2D eigenvalue weighted by Gasteiger charge is -2.11. The van der Waals surface area contributed by atoms with Crippen molar-refractivity contribution in [1.29, 1.82) is 5.26 Å². The highest BCUT2D eigenvalue weighted by atomic mass is 79.9. The van der Waals surface area contributed by atoms with Crippen molar-refractivity contribution in [3.63, 3.8) is 0 Å². The highest BCUT2D eigenvalue weighted by Crippen LogP contribution is 2.29. The number of aromatic nitrogens is 1. The van der Waals surface area contributed by atoms with Crippen molar-refractivity contribution < 1.29 is 0 Å². The lowest BCUT2D eigenvalue weighted by atomic mass is 10.1. The van der Waals surface area contributed by atoms with Crippen LogP contribution in [-0.2, 0) is 0 Å². The van der Waals surface area contributed by atoms with Gasteiger partial charge in [-0.25, -0.2) is 0 Å². The lowest BCUT2D eigenvalue weighted by molar-refractivity contribution is 1.25. The summed E-state index contributed by atoms with van der Waals surface area (Å²) >= 11 is 3.49. The first-order chi connectivity index (χ1) is 10.2. The van der Waals surface area contributed by atoms with E-state index in [-0.39, 0.29) is 0 Å². The molecule has 1 aromatic heterocycles. The number of rotatable bonds is 2. The third kappa shape index (κ3) is 2.88. The third-order valence-corrected chi connectivity index (χ3v) is 3.66. The highest BCUT2D eigenvalue weighted by Gasteiger charge is 2.06. The summed E-state index contributed by atoms with van der Waals surface area (Å²) in [6, 6.07) is 17.6. The smallest absolute Gasteiger partial charge is 0.0992 e.